The van der Waals surface area contributed by atoms with Crippen molar-refractivity contribution in [2.24, 2.45) is 0 Å². The Balaban J connectivity index is 1.76. The van der Waals surface area contributed by atoms with Crippen LogP contribution in [0.1, 0.15) is 44.5 Å². The number of amides is 1. The fraction of sp³-hybridized carbons (Fsp3) is 0.333. The molecule has 0 saturated heterocycles. The number of carbonyl (C=O) groups is 1. The van der Waals surface area contributed by atoms with Crippen LogP contribution < -0.4 is 9.80 Å². The van der Waals surface area contributed by atoms with E-state index in [1.165, 1.54) is 16.9 Å². The minimum Gasteiger partial charge on any atom is -0.369 e. The molecular formula is C24H29N3OS. The lowest BCUT2D eigenvalue weighted by molar-refractivity contribution is -0.115. The van der Waals surface area contributed by atoms with Crippen LogP contribution in [0.5, 0.6) is 0 Å². The van der Waals surface area contributed by atoms with Crippen molar-refractivity contribution in [3.8, 4) is 0 Å². The molecule has 1 amide bonds. The third kappa shape index (κ3) is 5.04. The molecule has 0 unspecified atom stereocenters. The number of hydrogen-bond acceptors (Lipinski definition) is 4. The van der Waals surface area contributed by atoms with Crippen molar-refractivity contribution in [2.75, 3.05) is 16.8 Å². The molecule has 0 aliphatic rings. The van der Waals surface area contributed by atoms with Crippen LogP contribution in [0, 0.1) is 6.92 Å². The van der Waals surface area contributed by atoms with Gasteiger partial charge in [0.25, 0.3) is 0 Å². The predicted octanol–water partition coefficient (Wildman–Crippen LogP) is 6.07. The zero-order valence-corrected chi connectivity index (χ0v) is 18.9. The summed E-state index contributed by atoms with van der Waals surface area (Å²) in [6.07, 6.45) is 0. The highest BCUT2D eigenvalue weighted by Gasteiger charge is 2.18. The van der Waals surface area contributed by atoms with Crippen LogP contribution >= 0.6 is 11.3 Å². The maximum Gasteiger partial charge on any atom is 0.230 e. The maximum atomic E-state index is 12.3. The SMILES string of the molecule is CC(=O)N(c1ccc(C)cc1)c1nc(CN(C)c2ccc(C(C)(C)C)cc2)cs1. The molecule has 1 aromatic heterocycles. The number of benzene rings is 2. The van der Waals surface area contributed by atoms with E-state index in [1.54, 1.807) is 11.8 Å². The van der Waals surface area contributed by atoms with Gasteiger partial charge in [0, 0.05) is 25.0 Å². The number of aryl methyl sites for hydroxylation is 1. The van der Waals surface area contributed by atoms with Crippen LogP contribution in [0.3, 0.4) is 0 Å². The number of carbonyl (C=O) groups excluding carboxylic acids is 1. The van der Waals surface area contributed by atoms with E-state index in [0.717, 1.165) is 22.6 Å². The number of thiazole rings is 1. The van der Waals surface area contributed by atoms with E-state index in [0.29, 0.717) is 11.7 Å². The van der Waals surface area contributed by atoms with Gasteiger partial charge < -0.3 is 4.90 Å². The van der Waals surface area contributed by atoms with Crippen molar-refractivity contribution >= 4 is 33.8 Å². The minimum absolute atomic E-state index is 0.0409. The van der Waals surface area contributed by atoms with Crippen LogP contribution in [0.2, 0.25) is 0 Å². The Kier molecular flexibility index (Phi) is 6.08. The van der Waals surface area contributed by atoms with Gasteiger partial charge in [0.05, 0.1) is 17.9 Å². The molecule has 0 spiro atoms. The van der Waals surface area contributed by atoms with Gasteiger partial charge >= 0.3 is 0 Å². The number of nitrogens with zero attached hydrogens (tertiary/aromatic N) is 3. The van der Waals surface area contributed by atoms with Gasteiger partial charge in [-0.3, -0.25) is 9.69 Å². The molecule has 0 aliphatic carbocycles. The van der Waals surface area contributed by atoms with Crippen molar-refractivity contribution in [1.29, 1.82) is 0 Å². The predicted molar refractivity (Wildman–Crippen MR) is 123 cm³/mol. The van der Waals surface area contributed by atoms with Crippen molar-refractivity contribution in [3.05, 3.63) is 70.7 Å². The van der Waals surface area contributed by atoms with E-state index in [4.69, 9.17) is 4.98 Å². The Morgan fingerprint density at radius 1 is 1.00 bits per heavy atom. The average Bonchev–Trinajstić information content (AvgIpc) is 3.10. The molecule has 3 aromatic rings. The lowest BCUT2D eigenvalue weighted by Gasteiger charge is -2.22. The lowest BCUT2D eigenvalue weighted by Crippen LogP contribution is -2.23. The fourth-order valence-corrected chi connectivity index (χ4v) is 4.02. The first-order chi connectivity index (χ1) is 13.6. The summed E-state index contributed by atoms with van der Waals surface area (Å²) in [6.45, 7) is 11.0. The quantitative estimate of drug-likeness (QED) is 0.515. The van der Waals surface area contributed by atoms with E-state index in [2.05, 4.69) is 57.0 Å². The third-order valence-electron chi connectivity index (χ3n) is 4.91. The molecule has 4 nitrogen and oxygen atoms in total. The summed E-state index contributed by atoms with van der Waals surface area (Å²) in [7, 11) is 2.06. The van der Waals surface area contributed by atoms with Crippen molar-refractivity contribution in [3.63, 3.8) is 0 Å². The summed E-state index contributed by atoms with van der Waals surface area (Å²) in [5.74, 6) is -0.0409. The monoisotopic (exact) mass is 407 g/mol. The first-order valence-electron chi connectivity index (χ1n) is 9.78. The summed E-state index contributed by atoms with van der Waals surface area (Å²) < 4.78 is 0. The number of hydrogen-bond donors (Lipinski definition) is 0. The van der Waals surface area contributed by atoms with Crippen LogP contribution in [-0.4, -0.2) is 17.9 Å². The Morgan fingerprint density at radius 3 is 2.14 bits per heavy atom. The van der Waals surface area contributed by atoms with Gasteiger partial charge in [0.2, 0.25) is 5.91 Å². The molecule has 0 aliphatic heterocycles. The summed E-state index contributed by atoms with van der Waals surface area (Å²) in [5, 5.41) is 2.73. The molecule has 0 N–H and O–H groups in total. The average molecular weight is 408 g/mol. The second kappa shape index (κ2) is 8.37. The van der Waals surface area contributed by atoms with E-state index >= 15 is 0 Å². The molecule has 5 heteroatoms. The van der Waals surface area contributed by atoms with Crippen molar-refractivity contribution in [2.45, 2.75) is 46.6 Å². The number of anilines is 3. The normalized spacial score (nSPS) is 11.4. The van der Waals surface area contributed by atoms with Crippen LogP contribution in [0.25, 0.3) is 0 Å². The molecule has 1 heterocycles. The number of rotatable bonds is 5. The Morgan fingerprint density at radius 2 is 1.59 bits per heavy atom. The third-order valence-corrected chi connectivity index (χ3v) is 5.79. The highest BCUT2D eigenvalue weighted by Crippen LogP contribution is 2.30. The van der Waals surface area contributed by atoms with Crippen LogP contribution in [0.4, 0.5) is 16.5 Å². The molecule has 29 heavy (non-hydrogen) atoms. The van der Waals surface area contributed by atoms with Crippen LogP contribution in [0.15, 0.2) is 53.9 Å². The van der Waals surface area contributed by atoms with Crippen molar-refractivity contribution in [1.82, 2.24) is 4.98 Å². The first kappa shape index (κ1) is 21.1. The topological polar surface area (TPSA) is 36.4 Å². The zero-order chi connectivity index (χ0) is 21.2. The van der Waals surface area contributed by atoms with Gasteiger partial charge in [-0.15, -0.1) is 11.3 Å². The smallest absolute Gasteiger partial charge is 0.230 e. The molecule has 0 radical (unpaired) electrons. The van der Waals surface area contributed by atoms with Gasteiger partial charge in [0.1, 0.15) is 0 Å². The molecular weight excluding hydrogens is 378 g/mol. The van der Waals surface area contributed by atoms with Crippen molar-refractivity contribution < 1.29 is 4.79 Å². The highest BCUT2D eigenvalue weighted by molar-refractivity contribution is 7.14. The molecule has 2 aromatic carbocycles. The van der Waals surface area contributed by atoms with Gasteiger partial charge in [-0.2, -0.15) is 0 Å². The van der Waals surface area contributed by atoms with Gasteiger partial charge in [-0.25, -0.2) is 4.98 Å². The van der Waals surface area contributed by atoms with Crippen LogP contribution in [-0.2, 0) is 16.8 Å². The molecule has 0 atom stereocenters. The van der Waals surface area contributed by atoms with E-state index in [9.17, 15) is 4.79 Å². The zero-order valence-electron chi connectivity index (χ0n) is 18.1. The van der Waals surface area contributed by atoms with Gasteiger partial charge in [0.15, 0.2) is 5.13 Å². The Bertz CT molecular complexity index is 969. The standard InChI is InChI=1S/C24H29N3OS/c1-17-7-11-22(12-8-17)27(18(2)28)23-25-20(16-29-23)15-26(6)21-13-9-19(10-14-21)24(3,4)5/h7-14,16H,15H2,1-6H3. The maximum absolute atomic E-state index is 12.3. The first-order valence-corrected chi connectivity index (χ1v) is 10.7. The highest BCUT2D eigenvalue weighted by atomic mass is 32.1. The summed E-state index contributed by atoms with van der Waals surface area (Å²) in [6, 6.07) is 16.6. The molecule has 3 rings (SSSR count). The largest absolute Gasteiger partial charge is 0.369 e. The summed E-state index contributed by atoms with van der Waals surface area (Å²) in [5.41, 5.74) is 5.57. The number of aromatic nitrogens is 1. The minimum atomic E-state index is -0.0409. The fourth-order valence-electron chi connectivity index (χ4n) is 3.14. The Hall–Kier alpha value is -2.66. The van der Waals surface area contributed by atoms with E-state index in [-0.39, 0.29) is 11.3 Å². The molecule has 0 bridgehead atoms. The van der Waals surface area contributed by atoms with E-state index in [1.807, 2.05) is 36.6 Å². The Labute approximate surface area is 177 Å². The molecule has 0 saturated carbocycles. The summed E-state index contributed by atoms with van der Waals surface area (Å²) >= 11 is 1.50. The van der Waals surface area contributed by atoms with E-state index < -0.39 is 0 Å². The van der Waals surface area contributed by atoms with Gasteiger partial charge in [-0.05, 0) is 42.2 Å². The molecule has 0 fully saturated rings. The molecule has 152 valence electrons. The summed E-state index contributed by atoms with van der Waals surface area (Å²) in [4.78, 5) is 20.9. The second-order valence-electron chi connectivity index (χ2n) is 8.46. The second-order valence-corrected chi connectivity index (χ2v) is 9.30. The van der Waals surface area contributed by atoms with Gasteiger partial charge in [-0.1, -0.05) is 50.6 Å². The lowest BCUT2D eigenvalue weighted by atomic mass is 9.87.